The Kier molecular flexibility index (Phi) is 5.40. The molecule has 18 heavy (non-hydrogen) atoms. The first-order chi connectivity index (χ1) is 8.28. The van der Waals surface area contributed by atoms with E-state index in [0.29, 0.717) is 10.2 Å². The molecule has 0 saturated carbocycles. The lowest BCUT2D eigenvalue weighted by atomic mass is 10.3. The predicted molar refractivity (Wildman–Crippen MR) is 63.1 cm³/mol. The van der Waals surface area contributed by atoms with Gasteiger partial charge in [-0.15, -0.1) is 0 Å². The molecule has 0 heterocycles. The van der Waals surface area contributed by atoms with Gasteiger partial charge in [0, 0.05) is 6.54 Å². The summed E-state index contributed by atoms with van der Waals surface area (Å²) in [6.45, 7) is 0.605. The summed E-state index contributed by atoms with van der Waals surface area (Å²) in [5, 5.41) is 2.24. The monoisotopic (exact) mass is 329 g/mol. The second kappa shape index (κ2) is 6.38. The Morgan fingerprint density at radius 3 is 2.61 bits per heavy atom. The average molecular weight is 330 g/mol. The lowest BCUT2D eigenvalue weighted by Gasteiger charge is -2.17. The highest BCUT2D eigenvalue weighted by Gasteiger charge is 2.26. The Balaban J connectivity index is 2.42. The van der Waals surface area contributed by atoms with Crippen molar-refractivity contribution in [3.05, 3.63) is 28.5 Å². The van der Waals surface area contributed by atoms with Gasteiger partial charge in [-0.2, -0.15) is 13.2 Å². The number of benzene rings is 1. The molecule has 0 radical (unpaired) electrons. The molecule has 1 unspecified atom stereocenters. The van der Waals surface area contributed by atoms with Crippen LogP contribution in [0.2, 0.25) is 0 Å². The number of ether oxygens (including phenoxy) is 1. The number of halogens is 5. The molecule has 2 nitrogen and oxygen atoms in total. The molecule has 102 valence electrons. The first-order valence-electron chi connectivity index (χ1n) is 5.17. The van der Waals surface area contributed by atoms with E-state index in [9.17, 15) is 17.6 Å². The summed E-state index contributed by atoms with van der Waals surface area (Å²) in [5.74, 6) is -0.0326. The van der Waals surface area contributed by atoms with Crippen LogP contribution in [0.25, 0.3) is 0 Å². The average Bonchev–Trinajstić information content (AvgIpc) is 2.20. The van der Waals surface area contributed by atoms with Crippen molar-refractivity contribution in [2.45, 2.75) is 19.2 Å². The van der Waals surface area contributed by atoms with Crippen LogP contribution in [0.1, 0.15) is 6.92 Å². The molecule has 1 atom stereocenters. The lowest BCUT2D eigenvalue weighted by molar-refractivity contribution is -0.125. The van der Waals surface area contributed by atoms with Crippen LogP contribution in [0.3, 0.4) is 0 Å². The van der Waals surface area contributed by atoms with Crippen molar-refractivity contribution >= 4 is 15.9 Å². The standard InChI is InChI=1S/C11H12BrF4NO/c1-7(5-17-6-11(14,15)16)18-10-3-2-8(13)4-9(10)12/h2-4,7,17H,5-6H2,1H3. The normalized spacial score (nSPS) is 13.4. The highest BCUT2D eigenvalue weighted by molar-refractivity contribution is 9.10. The van der Waals surface area contributed by atoms with E-state index in [-0.39, 0.29) is 6.54 Å². The third kappa shape index (κ3) is 5.68. The SMILES string of the molecule is CC(CNCC(F)(F)F)Oc1ccc(F)cc1Br. The number of hydrogen-bond donors (Lipinski definition) is 1. The Morgan fingerprint density at radius 2 is 2.06 bits per heavy atom. The van der Waals surface area contributed by atoms with Crippen LogP contribution >= 0.6 is 15.9 Å². The van der Waals surface area contributed by atoms with Gasteiger partial charge in [0.1, 0.15) is 17.7 Å². The second-order valence-electron chi connectivity index (χ2n) is 3.75. The van der Waals surface area contributed by atoms with Crippen LogP contribution in [0, 0.1) is 5.82 Å². The van der Waals surface area contributed by atoms with E-state index in [4.69, 9.17) is 4.74 Å². The van der Waals surface area contributed by atoms with Crippen LogP contribution in [0.4, 0.5) is 17.6 Å². The van der Waals surface area contributed by atoms with E-state index in [2.05, 4.69) is 21.2 Å². The Bertz CT molecular complexity index is 397. The highest BCUT2D eigenvalue weighted by Crippen LogP contribution is 2.26. The molecule has 0 aliphatic rings. The largest absolute Gasteiger partial charge is 0.488 e. The minimum Gasteiger partial charge on any atom is -0.488 e. The summed E-state index contributed by atoms with van der Waals surface area (Å²) in [4.78, 5) is 0. The maximum Gasteiger partial charge on any atom is 0.401 e. The first-order valence-corrected chi connectivity index (χ1v) is 5.96. The molecule has 0 saturated heterocycles. The van der Waals surface area contributed by atoms with Gasteiger partial charge in [0.15, 0.2) is 0 Å². The molecule has 0 fully saturated rings. The van der Waals surface area contributed by atoms with E-state index in [0.717, 1.165) is 0 Å². The highest BCUT2D eigenvalue weighted by atomic mass is 79.9. The van der Waals surface area contributed by atoms with Crippen molar-refractivity contribution in [2.75, 3.05) is 13.1 Å². The summed E-state index contributed by atoms with van der Waals surface area (Å²) < 4.78 is 54.3. The molecular formula is C11H12BrF4NO. The third-order valence-corrected chi connectivity index (χ3v) is 2.60. The van der Waals surface area contributed by atoms with Crippen LogP contribution in [0.15, 0.2) is 22.7 Å². The third-order valence-electron chi connectivity index (χ3n) is 1.98. The zero-order valence-corrected chi connectivity index (χ0v) is 11.1. The number of hydrogen-bond acceptors (Lipinski definition) is 2. The fourth-order valence-electron chi connectivity index (χ4n) is 1.25. The van der Waals surface area contributed by atoms with Gasteiger partial charge >= 0.3 is 6.18 Å². The van der Waals surface area contributed by atoms with E-state index in [1.54, 1.807) is 6.92 Å². The Morgan fingerprint density at radius 1 is 1.39 bits per heavy atom. The zero-order chi connectivity index (χ0) is 13.8. The number of nitrogens with one attached hydrogen (secondary N) is 1. The molecule has 0 aliphatic heterocycles. The van der Waals surface area contributed by atoms with Gasteiger partial charge in [-0.3, -0.25) is 0 Å². The lowest BCUT2D eigenvalue weighted by Crippen LogP contribution is -2.35. The molecule has 1 aromatic carbocycles. The minimum atomic E-state index is -4.24. The van der Waals surface area contributed by atoms with Crippen LogP contribution in [-0.4, -0.2) is 25.4 Å². The second-order valence-corrected chi connectivity index (χ2v) is 4.60. The summed E-state index contributed by atoms with van der Waals surface area (Å²) in [6, 6.07) is 3.86. The summed E-state index contributed by atoms with van der Waals surface area (Å²) >= 11 is 3.11. The van der Waals surface area contributed by atoms with E-state index < -0.39 is 24.6 Å². The van der Waals surface area contributed by atoms with Crippen molar-refractivity contribution in [1.29, 1.82) is 0 Å². The topological polar surface area (TPSA) is 21.3 Å². The van der Waals surface area contributed by atoms with Gasteiger partial charge in [-0.25, -0.2) is 4.39 Å². The van der Waals surface area contributed by atoms with Gasteiger partial charge < -0.3 is 10.1 Å². The van der Waals surface area contributed by atoms with Crippen LogP contribution < -0.4 is 10.1 Å². The van der Waals surface area contributed by atoms with E-state index in [1.165, 1.54) is 18.2 Å². The molecule has 0 aromatic heterocycles. The Labute approximate surface area is 110 Å². The van der Waals surface area contributed by atoms with Crippen molar-refractivity contribution in [2.24, 2.45) is 0 Å². The van der Waals surface area contributed by atoms with E-state index in [1.807, 2.05) is 0 Å². The van der Waals surface area contributed by atoms with Gasteiger partial charge in [0.2, 0.25) is 0 Å². The molecule has 1 aromatic rings. The van der Waals surface area contributed by atoms with Crippen molar-refractivity contribution < 1.29 is 22.3 Å². The van der Waals surface area contributed by atoms with E-state index >= 15 is 0 Å². The zero-order valence-electron chi connectivity index (χ0n) is 9.52. The molecular weight excluding hydrogens is 318 g/mol. The van der Waals surface area contributed by atoms with Gasteiger partial charge in [-0.1, -0.05) is 0 Å². The van der Waals surface area contributed by atoms with Crippen molar-refractivity contribution in [1.82, 2.24) is 5.32 Å². The number of rotatable bonds is 5. The fourth-order valence-corrected chi connectivity index (χ4v) is 1.69. The van der Waals surface area contributed by atoms with Gasteiger partial charge in [-0.05, 0) is 41.1 Å². The summed E-state index contributed by atoms with van der Waals surface area (Å²) in [7, 11) is 0. The van der Waals surface area contributed by atoms with Gasteiger partial charge in [0.05, 0.1) is 11.0 Å². The molecule has 0 amide bonds. The minimum absolute atomic E-state index is 0.0450. The molecule has 1 rings (SSSR count). The van der Waals surface area contributed by atoms with Crippen LogP contribution in [-0.2, 0) is 0 Å². The summed E-state index contributed by atoms with van der Waals surface area (Å²) in [6.07, 6.45) is -4.70. The molecule has 0 aliphatic carbocycles. The molecule has 1 N–H and O–H groups in total. The fraction of sp³-hybridized carbons (Fsp3) is 0.455. The summed E-state index contributed by atoms with van der Waals surface area (Å²) in [5.41, 5.74) is 0. The number of alkyl halides is 3. The van der Waals surface area contributed by atoms with Crippen molar-refractivity contribution in [3.63, 3.8) is 0 Å². The maximum absolute atomic E-state index is 12.8. The van der Waals surface area contributed by atoms with Crippen molar-refractivity contribution in [3.8, 4) is 5.75 Å². The quantitative estimate of drug-likeness (QED) is 0.835. The molecule has 0 spiro atoms. The Hall–Kier alpha value is -0.820. The first kappa shape index (κ1) is 15.2. The molecule has 7 heteroatoms. The van der Waals surface area contributed by atoms with Gasteiger partial charge in [0.25, 0.3) is 0 Å². The molecule has 0 bridgehead atoms. The predicted octanol–water partition coefficient (Wildman–Crippen LogP) is 3.51. The van der Waals surface area contributed by atoms with Crippen LogP contribution in [0.5, 0.6) is 5.75 Å². The maximum atomic E-state index is 12.8. The smallest absolute Gasteiger partial charge is 0.401 e.